The second-order valence-electron chi connectivity index (χ2n) is 4.02. The number of nitrogens with zero attached hydrogens (tertiary/aromatic N) is 3. The third-order valence-electron chi connectivity index (χ3n) is 2.91. The molecule has 84 valence electrons. The highest BCUT2D eigenvalue weighted by atomic mass is 15.4. The first-order chi connectivity index (χ1) is 8.36. The molecule has 0 saturated carbocycles. The van der Waals surface area contributed by atoms with Crippen molar-refractivity contribution in [2.75, 3.05) is 0 Å². The molecule has 0 amide bonds. The Morgan fingerprint density at radius 2 is 1.94 bits per heavy atom. The maximum Gasteiger partial charge on any atom is 0.0951 e. The average Bonchev–Trinajstić information content (AvgIpc) is 2.82. The largest absolute Gasteiger partial charge is 0.159 e. The summed E-state index contributed by atoms with van der Waals surface area (Å²) >= 11 is 0. The van der Waals surface area contributed by atoms with Gasteiger partial charge in [-0.2, -0.15) is 9.73 Å². The number of hydrogen-bond acceptors (Lipinski definition) is 2. The normalized spacial score (nSPS) is 10.9. The van der Waals surface area contributed by atoms with Crippen LogP contribution in [0.4, 0.5) is 0 Å². The molecule has 0 aliphatic carbocycles. The number of benzene rings is 1. The highest BCUT2D eigenvalue weighted by Gasteiger charge is 2.04. The van der Waals surface area contributed by atoms with Gasteiger partial charge < -0.3 is 0 Å². The van der Waals surface area contributed by atoms with Gasteiger partial charge in [0, 0.05) is 11.8 Å². The minimum Gasteiger partial charge on any atom is -0.159 e. The highest BCUT2D eigenvalue weighted by molar-refractivity contribution is 5.65. The minimum atomic E-state index is 0.964. The molecule has 2 heterocycles. The van der Waals surface area contributed by atoms with Gasteiger partial charge in [-0.05, 0) is 30.2 Å². The molecule has 0 aliphatic rings. The van der Waals surface area contributed by atoms with Crippen LogP contribution in [0.5, 0.6) is 0 Å². The fraction of sp³-hybridized carbons (Fsp3) is 0.143. The van der Waals surface area contributed by atoms with E-state index in [4.69, 9.17) is 0 Å². The predicted molar refractivity (Wildman–Crippen MR) is 67.8 cm³/mol. The molecular formula is C14H13N3. The summed E-state index contributed by atoms with van der Waals surface area (Å²) in [7, 11) is 0. The molecule has 0 aliphatic heterocycles. The van der Waals surface area contributed by atoms with E-state index in [1.807, 2.05) is 18.2 Å². The Balaban J connectivity index is 2.07. The molecule has 2 aromatic heterocycles. The van der Waals surface area contributed by atoms with E-state index in [2.05, 4.69) is 41.4 Å². The van der Waals surface area contributed by atoms with Crippen LogP contribution in [-0.2, 0) is 6.42 Å². The first-order valence-corrected chi connectivity index (χ1v) is 5.77. The summed E-state index contributed by atoms with van der Waals surface area (Å²) in [5, 5.41) is 8.61. The molecule has 0 atom stereocenters. The highest BCUT2D eigenvalue weighted by Crippen LogP contribution is 2.19. The Hall–Kier alpha value is -2.16. The van der Waals surface area contributed by atoms with Gasteiger partial charge >= 0.3 is 0 Å². The number of aryl methyl sites for hydroxylation is 1. The number of aromatic nitrogens is 3. The smallest absolute Gasteiger partial charge is 0.0951 e. The molecule has 0 bridgehead atoms. The van der Waals surface area contributed by atoms with Crippen LogP contribution in [-0.4, -0.2) is 14.8 Å². The Morgan fingerprint density at radius 3 is 2.65 bits per heavy atom. The van der Waals surface area contributed by atoms with Gasteiger partial charge in [-0.25, -0.2) is 0 Å². The molecule has 0 spiro atoms. The molecule has 3 aromatic rings. The minimum absolute atomic E-state index is 0.964. The van der Waals surface area contributed by atoms with E-state index in [0.29, 0.717) is 0 Å². The van der Waals surface area contributed by atoms with Crippen LogP contribution in [0, 0.1) is 0 Å². The van der Waals surface area contributed by atoms with E-state index in [1.165, 1.54) is 5.56 Å². The van der Waals surface area contributed by atoms with Crippen LogP contribution < -0.4 is 0 Å². The molecule has 3 rings (SSSR count). The topological polar surface area (TPSA) is 30.2 Å². The van der Waals surface area contributed by atoms with E-state index in [-0.39, 0.29) is 0 Å². The molecule has 0 saturated heterocycles. The lowest BCUT2D eigenvalue weighted by molar-refractivity contribution is 0.803. The third kappa shape index (κ3) is 1.80. The number of rotatable bonds is 2. The van der Waals surface area contributed by atoms with Crippen molar-refractivity contribution in [3.63, 3.8) is 0 Å². The van der Waals surface area contributed by atoms with Crippen molar-refractivity contribution in [1.29, 1.82) is 0 Å². The number of fused-ring (bicyclic) bond motifs is 1. The van der Waals surface area contributed by atoms with Crippen molar-refractivity contribution in [1.82, 2.24) is 14.8 Å². The second kappa shape index (κ2) is 4.01. The fourth-order valence-corrected chi connectivity index (χ4v) is 1.89. The van der Waals surface area contributed by atoms with Crippen LogP contribution in [0.1, 0.15) is 12.5 Å². The van der Waals surface area contributed by atoms with E-state index in [1.54, 1.807) is 10.8 Å². The standard InChI is InChI=1S/C14H13N3/c1-2-11-5-7-12(8-6-11)14-10-13-4-3-9-15-17(13)16-14/h3-10H,2H2,1H3. The van der Waals surface area contributed by atoms with Crippen molar-refractivity contribution >= 4 is 5.52 Å². The van der Waals surface area contributed by atoms with Crippen LogP contribution in [0.3, 0.4) is 0 Å². The molecule has 3 heteroatoms. The summed E-state index contributed by atoms with van der Waals surface area (Å²) in [5.41, 5.74) is 4.46. The summed E-state index contributed by atoms with van der Waals surface area (Å²) in [6.45, 7) is 2.16. The van der Waals surface area contributed by atoms with Gasteiger partial charge in [0.15, 0.2) is 0 Å². The average molecular weight is 223 g/mol. The van der Waals surface area contributed by atoms with Gasteiger partial charge in [-0.3, -0.25) is 0 Å². The van der Waals surface area contributed by atoms with E-state index < -0.39 is 0 Å². The predicted octanol–water partition coefficient (Wildman–Crippen LogP) is 2.96. The summed E-state index contributed by atoms with van der Waals surface area (Å²) in [5.74, 6) is 0. The molecule has 0 fully saturated rings. The first-order valence-electron chi connectivity index (χ1n) is 5.77. The van der Waals surface area contributed by atoms with Crippen molar-refractivity contribution in [2.24, 2.45) is 0 Å². The quantitative estimate of drug-likeness (QED) is 0.668. The van der Waals surface area contributed by atoms with Gasteiger partial charge in [0.1, 0.15) is 0 Å². The van der Waals surface area contributed by atoms with Gasteiger partial charge in [0.2, 0.25) is 0 Å². The molecule has 17 heavy (non-hydrogen) atoms. The lowest BCUT2D eigenvalue weighted by Crippen LogP contribution is -1.91. The lowest BCUT2D eigenvalue weighted by Gasteiger charge is -1.98. The lowest BCUT2D eigenvalue weighted by atomic mass is 10.1. The summed E-state index contributed by atoms with van der Waals surface area (Å²) in [6.07, 6.45) is 2.80. The Bertz CT molecular complexity index is 605. The van der Waals surface area contributed by atoms with Gasteiger partial charge in [0.25, 0.3) is 0 Å². The van der Waals surface area contributed by atoms with Gasteiger partial charge in [0.05, 0.1) is 11.2 Å². The molecular weight excluding hydrogens is 210 g/mol. The maximum atomic E-state index is 4.44. The molecule has 0 unspecified atom stereocenters. The molecule has 0 N–H and O–H groups in total. The van der Waals surface area contributed by atoms with Crippen LogP contribution in [0.15, 0.2) is 48.7 Å². The van der Waals surface area contributed by atoms with Gasteiger partial charge in [-0.15, -0.1) is 5.10 Å². The molecule has 3 nitrogen and oxygen atoms in total. The maximum absolute atomic E-state index is 4.44. The Labute approximate surface area is 99.7 Å². The summed E-state index contributed by atoms with van der Waals surface area (Å²) in [4.78, 5) is 0. The van der Waals surface area contributed by atoms with Crippen LogP contribution >= 0.6 is 0 Å². The zero-order chi connectivity index (χ0) is 11.7. The first kappa shape index (κ1) is 10.0. The van der Waals surface area contributed by atoms with Crippen molar-refractivity contribution in [2.45, 2.75) is 13.3 Å². The number of hydrogen-bond donors (Lipinski definition) is 0. The second-order valence-corrected chi connectivity index (χ2v) is 4.02. The van der Waals surface area contributed by atoms with Gasteiger partial charge in [-0.1, -0.05) is 31.2 Å². The Morgan fingerprint density at radius 1 is 1.12 bits per heavy atom. The Kier molecular flexibility index (Phi) is 2.37. The zero-order valence-electron chi connectivity index (χ0n) is 9.67. The monoisotopic (exact) mass is 223 g/mol. The molecule has 0 radical (unpaired) electrons. The fourth-order valence-electron chi connectivity index (χ4n) is 1.89. The van der Waals surface area contributed by atoms with E-state index in [0.717, 1.165) is 23.2 Å². The van der Waals surface area contributed by atoms with Crippen molar-refractivity contribution < 1.29 is 0 Å². The third-order valence-corrected chi connectivity index (χ3v) is 2.91. The zero-order valence-corrected chi connectivity index (χ0v) is 9.67. The van der Waals surface area contributed by atoms with E-state index in [9.17, 15) is 0 Å². The summed E-state index contributed by atoms with van der Waals surface area (Å²) < 4.78 is 1.66. The van der Waals surface area contributed by atoms with Crippen molar-refractivity contribution in [3.8, 4) is 11.3 Å². The van der Waals surface area contributed by atoms with Crippen LogP contribution in [0.2, 0.25) is 0 Å². The van der Waals surface area contributed by atoms with E-state index >= 15 is 0 Å². The SMILES string of the molecule is CCc1ccc(-c2cc3cccnn3n2)cc1. The van der Waals surface area contributed by atoms with Crippen molar-refractivity contribution in [3.05, 3.63) is 54.2 Å². The molecule has 1 aromatic carbocycles. The van der Waals surface area contributed by atoms with Crippen LogP contribution in [0.25, 0.3) is 16.8 Å². The summed E-state index contributed by atoms with van der Waals surface area (Å²) in [6, 6.07) is 14.5.